The molecule has 1 aromatic heterocycles. The van der Waals surface area contributed by atoms with E-state index in [1.807, 2.05) is 44.2 Å². The predicted molar refractivity (Wildman–Crippen MR) is 89.9 cm³/mol. The van der Waals surface area contributed by atoms with E-state index in [4.69, 9.17) is 0 Å². The fraction of sp³-hybridized carbons (Fsp3) is 0.118. The van der Waals surface area contributed by atoms with Crippen LogP contribution in [-0.4, -0.2) is 10.9 Å². The van der Waals surface area contributed by atoms with Gasteiger partial charge in [0, 0.05) is 21.1 Å². The Labute approximate surface area is 131 Å². The second kappa shape index (κ2) is 5.37. The van der Waals surface area contributed by atoms with Crippen molar-refractivity contribution in [2.45, 2.75) is 13.8 Å². The van der Waals surface area contributed by atoms with Gasteiger partial charge in [-0.15, -0.1) is 0 Å². The molecular weight excluding hydrogens is 328 g/mol. The third-order valence-electron chi connectivity index (χ3n) is 3.54. The van der Waals surface area contributed by atoms with Crippen molar-refractivity contribution in [2.75, 3.05) is 5.32 Å². The summed E-state index contributed by atoms with van der Waals surface area (Å²) in [5.41, 5.74) is 4.52. The van der Waals surface area contributed by atoms with E-state index >= 15 is 0 Å². The lowest BCUT2D eigenvalue weighted by Gasteiger charge is -2.04. The summed E-state index contributed by atoms with van der Waals surface area (Å²) in [4.78, 5) is 15.6. The van der Waals surface area contributed by atoms with Crippen LogP contribution in [0.3, 0.4) is 0 Å². The van der Waals surface area contributed by atoms with Gasteiger partial charge >= 0.3 is 0 Å². The maximum absolute atomic E-state index is 12.4. The number of amides is 1. The van der Waals surface area contributed by atoms with Gasteiger partial charge in [-0.25, -0.2) is 0 Å². The van der Waals surface area contributed by atoms with Gasteiger partial charge in [0.15, 0.2) is 0 Å². The van der Waals surface area contributed by atoms with Gasteiger partial charge in [0.25, 0.3) is 5.91 Å². The highest BCUT2D eigenvalue weighted by Crippen LogP contribution is 2.23. The molecule has 2 N–H and O–H groups in total. The molecule has 106 valence electrons. The number of benzene rings is 2. The number of aromatic nitrogens is 1. The van der Waals surface area contributed by atoms with Crippen LogP contribution in [-0.2, 0) is 0 Å². The maximum Gasteiger partial charge on any atom is 0.272 e. The molecule has 3 rings (SSSR count). The lowest BCUT2D eigenvalue weighted by molar-refractivity contribution is 0.102. The molecule has 0 aliphatic rings. The molecule has 3 aromatic rings. The Morgan fingerprint density at radius 3 is 2.52 bits per heavy atom. The van der Waals surface area contributed by atoms with Crippen molar-refractivity contribution in [2.24, 2.45) is 0 Å². The quantitative estimate of drug-likeness (QED) is 0.690. The fourth-order valence-electron chi connectivity index (χ4n) is 2.41. The summed E-state index contributed by atoms with van der Waals surface area (Å²) < 4.78 is 0.984. The molecule has 0 bridgehead atoms. The van der Waals surface area contributed by atoms with Gasteiger partial charge in [0.1, 0.15) is 5.69 Å². The predicted octanol–water partition coefficient (Wildman–Crippen LogP) is 4.80. The SMILES string of the molecule is Cc1ccc2c(C)c(C(=O)Nc3ccc(Br)cc3)[nH]c2c1. The minimum atomic E-state index is -0.122. The molecule has 1 heterocycles. The molecule has 4 heteroatoms. The fourth-order valence-corrected chi connectivity index (χ4v) is 2.67. The Morgan fingerprint density at radius 1 is 1.10 bits per heavy atom. The van der Waals surface area contributed by atoms with Gasteiger partial charge in [0.2, 0.25) is 0 Å². The Hall–Kier alpha value is -2.07. The Bertz CT molecular complexity index is 819. The molecule has 0 fully saturated rings. The van der Waals surface area contributed by atoms with Crippen molar-refractivity contribution in [3.8, 4) is 0 Å². The largest absolute Gasteiger partial charge is 0.350 e. The highest BCUT2D eigenvalue weighted by Gasteiger charge is 2.14. The van der Waals surface area contributed by atoms with E-state index < -0.39 is 0 Å². The van der Waals surface area contributed by atoms with E-state index in [-0.39, 0.29) is 5.91 Å². The highest BCUT2D eigenvalue weighted by atomic mass is 79.9. The number of hydrogen-bond acceptors (Lipinski definition) is 1. The van der Waals surface area contributed by atoms with Crippen LogP contribution < -0.4 is 5.32 Å². The van der Waals surface area contributed by atoms with Crippen molar-refractivity contribution in [1.82, 2.24) is 4.98 Å². The number of halogens is 1. The van der Waals surface area contributed by atoms with Crippen LogP contribution in [0.25, 0.3) is 10.9 Å². The van der Waals surface area contributed by atoms with Crippen LogP contribution in [0.1, 0.15) is 21.6 Å². The number of aromatic amines is 1. The zero-order valence-electron chi connectivity index (χ0n) is 11.8. The minimum Gasteiger partial charge on any atom is -0.350 e. The van der Waals surface area contributed by atoms with Gasteiger partial charge < -0.3 is 10.3 Å². The van der Waals surface area contributed by atoms with Gasteiger partial charge in [0.05, 0.1) is 0 Å². The number of carbonyl (C=O) groups is 1. The number of anilines is 1. The summed E-state index contributed by atoms with van der Waals surface area (Å²) in [6.45, 7) is 4.00. The summed E-state index contributed by atoms with van der Waals surface area (Å²) in [6, 6.07) is 13.7. The molecule has 2 aromatic carbocycles. The van der Waals surface area contributed by atoms with Crippen molar-refractivity contribution < 1.29 is 4.79 Å². The Balaban J connectivity index is 1.94. The van der Waals surface area contributed by atoms with Crippen LogP contribution in [0.15, 0.2) is 46.9 Å². The summed E-state index contributed by atoms with van der Waals surface area (Å²) >= 11 is 3.38. The van der Waals surface area contributed by atoms with Gasteiger partial charge in [-0.2, -0.15) is 0 Å². The summed E-state index contributed by atoms with van der Waals surface area (Å²) in [6.07, 6.45) is 0. The van der Waals surface area contributed by atoms with Gasteiger partial charge in [-0.3, -0.25) is 4.79 Å². The van der Waals surface area contributed by atoms with E-state index in [1.54, 1.807) is 0 Å². The average molecular weight is 343 g/mol. The number of rotatable bonds is 2. The van der Waals surface area contributed by atoms with Crippen molar-refractivity contribution in [3.63, 3.8) is 0 Å². The molecule has 1 amide bonds. The van der Waals surface area contributed by atoms with E-state index in [9.17, 15) is 4.79 Å². The van der Waals surface area contributed by atoms with Crippen LogP contribution in [0.2, 0.25) is 0 Å². The molecule has 21 heavy (non-hydrogen) atoms. The Kier molecular flexibility index (Phi) is 3.55. The molecule has 0 spiro atoms. The molecule has 0 aliphatic carbocycles. The minimum absolute atomic E-state index is 0.122. The van der Waals surface area contributed by atoms with Crippen molar-refractivity contribution in [1.29, 1.82) is 0 Å². The van der Waals surface area contributed by atoms with E-state index in [0.29, 0.717) is 5.69 Å². The molecule has 0 aliphatic heterocycles. The number of hydrogen-bond donors (Lipinski definition) is 2. The van der Waals surface area contributed by atoms with Crippen LogP contribution in [0, 0.1) is 13.8 Å². The monoisotopic (exact) mass is 342 g/mol. The van der Waals surface area contributed by atoms with Crippen LogP contribution in [0.5, 0.6) is 0 Å². The topological polar surface area (TPSA) is 44.9 Å². The number of H-pyrrole nitrogens is 1. The molecule has 0 saturated carbocycles. The first-order valence-electron chi connectivity index (χ1n) is 6.70. The zero-order chi connectivity index (χ0) is 15.0. The first kappa shape index (κ1) is 13.9. The van der Waals surface area contributed by atoms with Crippen molar-refractivity contribution in [3.05, 3.63) is 63.8 Å². The van der Waals surface area contributed by atoms with Crippen molar-refractivity contribution >= 4 is 38.4 Å². The van der Waals surface area contributed by atoms with Crippen LogP contribution in [0.4, 0.5) is 5.69 Å². The summed E-state index contributed by atoms with van der Waals surface area (Å²) in [5, 5.41) is 4.00. The standard InChI is InChI=1S/C17H15BrN2O/c1-10-3-8-14-11(2)16(20-15(14)9-10)17(21)19-13-6-4-12(18)5-7-13/h3-9,20H,1-2H3,(H,19,21). The van der Waals surface area contributed by atoms with Crippen LogP contribution >= 0.6 is 15.9 Å². The highest BCUT2D eigenvalue weighted by molar-refractivity contribution is 9.10. The van der Waals surface area contributed by atoms with E-state index in [2.05, 4.69) is 38.4 Å². The molecule has 0 saturated heterocycles. The maximum atomic E-state index is 12.4. The second-order valence-electron chi connectivity index (χ2n) is 5.14. The molecule has 0 atom stereocenters. The normalized spacial score (nSPS) is 10.8. The number of carbonyl (C=O) groups excluding carboxylic acids is 1. The van der Waals surface area contributed by atoms with Gasteiger partial charge in [-0.1, -0.05) is 28.1 Å². The molecule has 0 unspecified atom stereocenters. The summed E-state index contributed by atoms with van der Waals surface area (Å²) in [7, 11) is 0. The average Bonchev–Trinajstić information content (AvgIpc) is 2.78. The molecule has 3 nitrogen and oxygen atoms in total. The first-order chi connectivity index (χ1) is 10.0. The van der Waals surface area contributed by atoms with E-state index in [1.165, 1.54) is 5.56 Å². The summed E-state index contributed by atoms with van der Waals surface area (Å²) in [5.74, 6) is -0.122. The molecule has 0 radical (unpaired) electrons. The number of fused-ring (bicyclic) bond motifs is 1. The zero-order valence-corrected chi connectivity index (χ0v) is 13.4. The second-order valence-corrected chi connectivity index (χ2v) is 6.05. The van der Waals surface area contributed by atoms with Gasteiger partial charge in [-0.05, 0) is 55.3 Å². The first-order valence-corrected chi connectivity index (χ1v) is 7.50. The Morgan fingerprint density at radius 2 is 1.81 bits per heavy atom. The third kappa shape index (κ3) is 2.72. The van der Waals surface area contributed by atoms with E-state index in [0.717, 1.165) is 26.6 Å². The lowest BCUT2D eigenvalue weighted by Crippen LogP contribution is -2.13. The number of nitrogens with one attached hydrogen (secondary N) is 2. The molecular formula is C17H15BrN2O. The smallest absolute Gasteiger partial charge is 0.272 e. The third-order valence-corrected chi connectivity index (χ3v) is 4.07. The number of aryl methyl sites for hydroxylation is 2. The lowest BCUT2D eigenvalue weighted by atomic mass is 10.1.